The highest BCUT2D eigenvalue weighted by molar-refractivity contribution is 5.88. The van der Waals surface area contributed by atoms with Crippen LogP contribution in [0.15, 0.2) is 85.1 Å². The molecule has 0 amide bonds. The summed E-state index contributed by atoms with van der Waals surface area (Å²) in [6.45, 7) is 1.42. The summed E-state index contributed by atoms with van der Waals surface area (Å²) in [5.74, 6) is 0. The van der Waals surface area contributed by atoms with Gasteiger partial charge in [-0.3, -0.25) is 0 Å². The predicted molar refractivity (Wildman–Crippen MR) is 113 cm³/mol. The minimum Gasteiger partial charge on any atom is -0.334 e. The lowest BCUT2D eigenvalue weighted by atomic mass is 10.1. The van der Waals surface area contributed by atoms with Crippen LogP contribution in [0.5, 0.6) is 0 Å². The highest BCUT2D eigenvalue weighted by atomic mass is 15.4. The first-order chi connectivity index (χ1) is 13.9. The first kappa shape index (κ1) is 16.5. The number of para-hydroxylation sites is 2. The first-order valence-corrected chi connectivity index (χ1v) is 9.43. The van der Waals surface area contributed by atoms with E-state index in [-0.39, 0.29) is 0 Å². The van der Waals surface area contributed by atoms with E-state index >= 15 is 0 Å². The van der Waals surface area contributed by atoms with Gasteiger partial charge >= 0.3 is 0 Å². The van der Waals surface area contributed by atoms with Crippen molar-refractivity contribution < 1.29 is 0 Å². The molecule has 28 heavy (non-hydrogen) atoms. The second-order valence-electron chi connectivity index (χ2n) is 6.91. The van der Waals surface area contributed by atoms with Crippen LogP contribution in [0.2, 0.25) is 0 Å². The number of benzene rings is 3. The van der Waals surface area contributed by atoms with Crippen molar-refractivity contribution in [1.29, 1.82) is 0 Å². The molecule has 1 aliphatic rings. The van der Waals surface area contributed by atoms with Gasteiger partial charge < -0.3 is 4.90 Å². The third kappa shape index (κ3) is 3.09. The molecule has 0 N–H and O–H groups in total. The topological polar surface area (TPSA) is 34.0 Å². The molecule has 0 fully saturated rings. The van der Waals surface area contributed by atoms with E-state index in [0.29, 0.717) is 13.1 Å². The van der Waals surface area contributed by atoms with Crippen molar-refractivity contribution in [2.45, 2.75) is 13.1 Å². The van der Waals surface area contributed by atoms with E-state index in [1.807, 2.05) is 16.9 Å². The molecule has 0 saturated heterocycles. The third-order valence-electron chi connectivity index (χ3n) is 5.09. The number of nitrogens with zero attached hydrogens (tertiary/aromatic N) is 4. The Morgan fingerprint density at radius 3 is 1.93 bits per heavy atom. The zero-order chi connectivity index (χ0) is 18.8. The average Bonchev–Trinajstić information content (AvgIpc) is 3.11. The fourth-order valence-corrected chi connectivity index (χ4v) is 3.68. The number of anilines is 2. The molecule has 1 aromatic heterocycles. The Balaban J connectivity index is 1.54. The minimum absolute atomic E-state index is 0.704. The maximum atomic E-state index is 4.34. The van der Waals surface area contributed by atoms with Crippen LogP contribution in [0.1, 0.15) is 22.4 Å². The highest BCUT2D eigenvalue weighted by Gasteiger charge is 2.19. The molecule has 4 aromatic rings. The van der Waals surface area contributed by atoms with Crippen LogP contribution in [-0.4, -0.2) is 15.0 Å². The molecule has 0 bridgehead atoms. The summed E-state index contributed by atoms with van der Waals surface area (Å²) in [5.41, 5.74) is 7.09. The monoisotopic (exact) mass is 364 g/mol. The summed E-state index contributed by atoms with van der Waals surface area (Å²) in [7, 11) is 0. The van der Waals surface area contributed by atoms with Gasteiger partial charge in [-0.15, -0.1) is 5.10 Å². The first-order valence-electron chi connectivity index (χ1n) is 9.43. The van der Waals surface area contributed by atoms with Crippen molar-refractivity contribution in [3.8, 4) is 0 Å². The molecule has 5 rings (SSSR count). The average molecular weight is 364 g/mol. The molecule has 0 saturated carbocycles. The normalized spacial score (nSPS) is 12.4. The Kier molecular flexibility index (Phi) is 4.22. The molecule has 0 spiro atoms. The van der Waals surface area contributed by atoms with Crippen molar-refractivity contribution in [3.05, 3.63) is 107 Å². The van der Waals surface area contributed by atoms with Crippen LogP contribution in [0.25, 0.3) is 12.2 Å². The van der Waals surface area contributed by atoms with E-state index in [4.69, 9.17) is 0 Å². The van der Waals surface area contributed by atoms with Crippen LogP contribution in [0.4, 0.5) is 11.4 Å². The molecule has 0 atom stereocenters. The summed E-state index contributed by atoms with van der Waals surface area (Å²) < 4.78 is 1.98. The zero-order valence-corrected chi connectivity index (χ0v) is 15.4. The quantitative estimate of drug-likeness (QED) is 0.502. The Morgan fingerprint density at radius 1 is 0.643 bits per heavy atom. The predicted octanol–water partition coefficient (Wildman–Crippen LogP) is 5.15. The summed E-state index contributed by atoms with van der Waals surface area (Å²) in [6.07, 6.45) is 6.24. The Hall–Kier alpha value is -3.66. The Bertz CT molecular complexity index is 1080. The van der Waals surface area contributed by atoms with Crippen molar-refractivity contribution in [3.63, 3.8) is 0 Å². The molecule has 4 heteroatoms. The van der Waals surface area contributed by atoms with E-state index < -0.39 is 0 Å². The summed E-state index contributed by atoms with van der Waals surface area (Å²) in [5, 5.41) is 8.53. The minimum atomic E-state index is 0.704. The number of hydrogen-bond acceptors (Lipinski definition) is 3. The molecule has 0 aliphatic carbocycles. The fourth-order valence-electron chi connectivity index (χ4n) is 3.68. The van der Waals surface area contributed by atoms with E-state index in [1.54, 1.807) is 0 Å². The molecule has 2 heterocycles. The van der Waals surface area contributed by atoms with Crippen LogP contribution < -0.4 is 4.90 Å². The van der Waals surface area contributed by atoms with Crippen LogP contribution in [0.3, 0.4) is 0 Å². The summed E-state index contributed by atoms with van der Waals surface area (Å²) in [6, 6.07) is 27.4. The van der Waals surface area contributed by atoms with Crippen molar-refractivity contribution in [1.82, 2.24) is 15.0 Å². The molecule has 0 radical (unpaired) electrons. The van der Waals surface area contributed by atoms with Gasteiger partial charge in [-0.05, 0) is 28.8 Å². The second kappa shape index (κ2) is 7.16. The van der Waals surface area contributed by atoms with Crippen molar-refractivity contribution in [2.24, 2.45) is 0 Å². The lowest BCUT2D eigenvalue weighted by Crippen LogP contribution is -2.20. The maximum absolute atomic E-state index is 4.34. The number of hydrogen-bond donors (Lipinski definition) is 0. The van der Waals surface area contributed by atoms with Crippen LogP contribution in [-0.2, 0) is 13.1 Å². The van der Waals surface area contributed by atoms with Crippen LogP contribution in [0, 0.1) is 0 Å². The Labute approximate surface area is 164 Å². The molecule has 4 nitrogen and oxygen atoms in total. The molecular weight excluding hydrogens is 344 g/mol. The van der Waals surface area contributed by atoms with E-state index in [2.05, 4.69) is 100 Å². The fraction of sp³-hybridized carbons (Fsp3) is 0.0833. The number of aromatic nitrogens is 3. The van der Waals surface area contributed by atoms with Gasteiger partial charge in [0.25, 0.3) is 0 Å². The SMILES string of the molecule is C1=Cc2ccccc2N(Cc2cnnn2Cc2ccccc2)c2ccccc21. The molecule has 3 aromatic carbocycles. The van der Waals surface area contributed by atoms with Gasteiger partial charge in [-0.2, -0.15) is 0 Å². The molecule has 0 unspecified atom stereocenters. The van der Waals surface area contributed by atoms with Gasteiger partial charge in [-0.25, -0.2) is 4.68 Å². The van der Waals surface area contributed by atoms with Gasteiger partial charge in [0, 0.05) is 11.4 Å². The smallest absolute Gasteiger partial charge is 0.0788 e. The summed E-state index contributed by atoms with van der Waals surface area (Å²) in [4.78, 5) is 2.35. The lowest BCUT2D eigenvalue weighted by Gasteiger charge is -2.27. The molecule has 1 aliphatic heterocycles. The van der Waals surface area contributed by atoms with E-state index in [9.17, 15) is 0 Å². The highest BCUT2D eigenvalue weighted by Crippen LogP contribution is 2.37. The second-order valence-corrected chi connectivity index (χ2v) is 6.91. The van der Waals surface area contributed by atoms with Crippen molar-refractivity contribution in [2.75, 3.05) is 4.90 Å². The van der Waals surface area contributed by atoms with Gasteiger partial charge in [-0.1, -0.05) is 84.1 Å². The van der Waals surface area contributed by atoms with Crippen molar-refractivity contribution >= 4 is 23.5 Å². The Morgan fingerprint density at radius 2 is 1.25 bits per heavy atom. The largest absolute Gasteiger partial charge is 0.334 e. The number of rotatable bonds is 4. The van der Waals surface area contributed by atoms with Gasteiger partial charge in [0.1, 0.15) is 0 Å². The van der Waals surface area contributed by atoms with Gasteiger partial charge in [0.15, 0.2) is 0 Å². The molecular formula is C24H20N4. The number of fused-ring (bicyclic) bond motifs is 2. The van der Waals surface area contributed by atoms with E-state index in [0.717, 1.165) is 5.69 Å². The van der Waals surface area contributed by atoms with Gasteiger partial charge in [0.05, 0.1) is 25.0 Å². The maximum Gasteiger partial charge on any atom is 0.0788 e. The van der Waals surface area contributed by atoms with Crippen LogP contribution >= 0.6 is 0 Å². The van der Waals surface area contributed by atoms with E-state index in [1.165, 1.54) is 28.1 Å². The third-order valence-corrected chi connectivity index (χ3v) is 5.09. The lowest BCUT2D eigenvalue weighted by molar-refractivity contribution is 0.617. The van der Waals surface area contributed by atoms with Gasteiger partial charge in [0.2, 0.25) is 0 Å². The molecule has 136 valence electrons. The zero-order valence-electron chi connectivity index (χ0n) is 15.4. The summed E-state index contributed by atoms with van der Waals surface area (Å²) >= 11 is 0. The standard InChI is InChI=1S/C24H20N4/c1-2-8-19(9-3-1)17-28-22(16-25-26-28)18-27-23-12-6-4-10-20(23)14-15-21-11-5-7-13-24(21)27/h1-16H,17-18H2.